The van der Waals surface area contributed by atoms with E-state index in [1.807, 2.05) is 12.1 Å². The molecule has 0 aromatic carbocycles. The fourth-order valence-electron chi connectivity index (χ4n) is 2.71. The summed E-state index contributed by atoms with van der Waals surface area (Å²) in [6, 6.07) is 3.94. The van der Waals surface area contributed by atoms with E-state index in [1.165, 1.54) is 0 Å². The molecule has 3 rings (SSSR count). The molecule has 0 saturated carbocycles. The Morgan fingerprint density at radius 2 is 1.91 bits per heavy atom. The van der Waals surface area contributed by atoms with Crippen molar-refractivity contribution < 1.29 is 14.4 Å². The minimum atomic E-state index is -0.426. The third-order valence-corrected chi connectivity index (χ3v) is 6.13. The maximum Gasteiger partial charge on any atom is 0.496 e. The van der Waals surface area contributed by atoms with Gasteiger partial charge in [0.1, 0.15) is 0 Å². The van der Waals surface area contributed by atoms with Crippen molar-refractivity contribution in [2.75, 3.05) is 0 Å². The SMILES string of the molecule is CCCC(O)c1cc2nccc(B3OC(C)(C)C(C)(C)O3)c2s1. The second kappa shape index (κ2) is 5.85. The van der Waals surface area contributed by atoms with Crippen molar-refractivity contribution in [3.8, 4) is 0 Å². The number of thiophene rings is 1. The highest BCUT2D eigenvalue weighted by Gasteiger charge is 2.52. The molecule has 1 aliphatic heterocycles. The van der Waals surface area contributed by atoms with Gasteiger partial charge in [0.25, 0.3) is 0 Å². The number of rotatable bonds is 4. The summed E-state index contributed by atoms with van der Waals surface area (Å²) in [4.78, 5) is 5.39. The van der Waals surface area contributed by atoms with Crippen molar-refractivity contribution in [3.05, 3.63) is 23.2 Å². The molecule has 1 N–H and O–H groups in total. The topological polar surface area (TPSA) is 51.6 Å². The highest BCUT2D eigenvalue weighted by atomic mass is 32.1. The number of aliphatic hydroxyl groups excluding tert-OH is 1. The fraction of sp³-hybridized carbons (Fsp3) is 0.588. The van der Waals surface area contributed by atoms with Crippen LogP contribution < -0.4 is 5.46 Å². The van der Waals surface area contributed by atoms with Gasteiger partial charge in [-0.15, -0.1) is 11.3 Å². The average molecular weight is 333 g/mol. The fourth-order valence-corrected chi connectivity index (χ4v) is 3.87. The first-order chi connectivity index (χ1) is 10.7. The van der Waals surface area contributed by atoms with Gasteiger partial charge in [-0.25, -0.2) is 0 Å². The molecule has 1 atom stereocenters. The van der Waals surface area contributed by atoms with E-state index < -0.39 is 13.2 Å². The van der Waals surface area contributed by atoms with Crippen LogP contribution in [0.25, 0.3) is 10.2 Å². The zero-order chi connectivity index (χ0) is 16.8. The predicted octanol–water partition coefficient (Wildman–Crippen LogP) is 3.43. The first-order valence-electron chi connectivity index (χ1n) is 8.17. The second-order valence-corrected chi connectivity index (χ2v) is 8.24. The minimum absolute atomic E-state index is 0.366. The van der Waals surface area contributed by atoms with Crippen LogP contribution >= 0.6 is 11.3 Å². The quantitative estimate of drug-likeness (QED) is 0.871. The number of aliphatic hydroxyl groups is 1. The molecular weight excluding hydrogens is 309 g/mol. The molecule has 23 heavy (non-hydrogen) atoms. The van der Waals surface area contributed by atoms with Gasteiger partial charge in [0.15, 0.2) is 0 Å². The maximum absolute atomic E-state index is 10.3. The molecule has 0 spiro atoms. The Morgan fingerprint density at radius 3 is 2.52 bits per heavy atom. The van der Waals surface area contributed by atoms with E-state index in [-0.39, 0.29) is 11.2 Å². The summed E-state index contributed by atoms with van der Waals surface area (Å²) in [5, 5.41) is 10.3. The highest BCUT2D eigenvalue weighted by Crippen LogP contribution is 2.38. The highest BCUT2D eigenvalue weighted by molar-refractivity contribution is 7.20. The lowest BCUT2D eigenvalue weighted by molar-refractivity contribution is 0.00578. The van der Waals surface area contributed by atoms with Crippen LogP contribution in [0, 0.1) is 0 Å². The Bertz CT molecular complexity index is 697. The lowest BCUT2D eigenvalue weighted by Gasteiger charge is -2.32. The number of aromatic nitrogens is 1. The molecule has 1 fully saturated rings. The van der Waals surface area contributed by atoms with Gasteiger partial charge < -0.3 is 14.4 Å². The molecule has 0 bridgehead atoms. The Kier molecular flexibility index (Phi) is 4.30. The molecule has 124 valence electrons. The minimum Gasteiger partial charge on any atom is -0.399 e. The van der Waals surface area contributed by atoms with Gasteiger partial charge in [0, 0.05) is 16.5 Å². The summed E-state index contributed by atoms with van der Waals surface area (Å²) >= 11 is 1.59. The van der Waals surface area contributed by atoms with Crippen molar-refractivity contribution in [2.24, 2.45) is 0 Å². The van der Waals surface area contributed by atoms with Crippen molar-refractivity contribution in [2.45, 2.75) is 64.8 Å². The van der Waals surface area contributed by atoms with Crippen LogP contribution in [0.2, 0.25) is 0 Å². The monoisotopic (exact) mass is 333 g/mol. The lowest BCUT2D eigenvalue weighted by Crippen LogP contribution is -2.41. The van der Waals surface area contributed by atoms with Gasteiger partial charge in [-0.05, 0) is 46.2 Å². The van der Waals surface area contributed by atoms with Crippen molar-refractivity contribution >= 4 is 34.1 Å². The van der Waals surface area contributed by atoms with Crippen molar-refractivity contribution in [3.63, 3.8) is 0 Å². The standard InChI is InChI=1S/C17H24BNO3S/c1-6-7-13(20)14-10-12-15(23-14)11(8-9-19-12)18-21-16(2,3)17(4,5)22-18/h8-10,13,20H,6-7H2,1-5H3. The van der Waals surface area contributed by atoms with E-state index in [1.54, 1.807) is 17.5 Å². The van der Waals surface area contributed by atoms with Crippen LogP contribution in [-0.4, -0.2) is 28.4 Å². The van der Waals surface area contributed by atoms with E-state index in [9.17, 15) is 5.11 Å². The van der Waals surface area contributed by atoms with Crippen LogP contribution in [0.4, 0.5) is 0 Å². The Balaban J connectivity index is 1.99. The van der Waals surface area contributed by atoms with Gasteiger partial charge in [-0.1, -0.05) is 13.3 Å². The zero-order valence-electron chi connectivity index (χ0n) is 14.4. The van der Waals surface area contributed by atoms with E-state index in [2.05, 4.69) is 39.6 Å². The molecule has 3 heterocycles. The Hall–Kier alpha value is -0.945. The van der Waals surface area contributed by atoms with Gasteiger partial charge in [0.05, 0.1) is 27.5 Å². The molecule has 0 amide bonds. The summed E-state index contributed by atoms with van der Waals surface area (Å²) in [5.41, 5.74) is 1.16. The molecule has 4 nitrogen and oxygen atoms in total. The molecule has 0 radical (unpaired) electrons. The summed E-state index contributed by atoms with van der Waals surface area (Å²) in [6.45, 7) is 10.3. The zero-order valence-corrected chi connectivity index (χ0v) is 15.2. The summed E-state index contributed by atoms with van der Waals surface area (Å²) in [5.74, 6) is 0. The van der Waals surface area contributed by atoms with Crippen LogP contribution in [0.5, 0.6) is 0 Å². The second-order valence-electron chi connectivity index (χ2n) is 7.16. The van der Waals surface area contributed by atoms with Crippen LogP contribution in [0.15, 0.2) is 18.3 Å². The molecular formula is C17H24BNO3S. The Morgan fingerprint density at radius 1 is 1.26 bits per heavy atom. The molecule has 1 aliphatic rings. The number of fused-ring (bicyclic) bond motifs is 1. The largest absolute Gasteiger partial charge is 0.496 e. The normalized spacial score (nSPS) is 21.0. The van der Waals surface area contributed by atoms with Gasteiger partial charge in [-0.2, -0.15) is 0 Å². The Labute approximate surface area is 142 Å². The van der Waals surface area contributed by atoms with Gasteiger partial charge >= 0.3 is 7.12 Å². The maximum atomic E-state index is 10.3. The predicted molar refractivity (Wildman–Crippen MR) is 95.2 cm³/mol. The smallest absolute Gasteiger partial charge is 0.399 e. The van der Waals surface area contributed by atoms with Crippen LogP contribution in [0.1, 0.15) is 58.4 Å². The van der Waals surface area contributed by atoms with Crippen molar-refractivity contribution in [1.29, 1.82) is 0 Å². The third-order valence-electron chi connectivity index (χ3n) is 4.86. The molecule has 1 unspecified atom stereocenters. The van der Waals surface area contributed by atoms with E-state index >= 15 is 0 Å². The van der Waals surface area contributed by atoms with E-state index in [0.29, 0.717) is 0 Å². The summed E-state index contributed by atoms with van der Waals surface area (Å²) in [6.07, 6.45) is 3.07. The first-order valence-corrected chi connectivity index (χ1v) is 8.99. The number of hydrogen-bond acceptors (Lipinski definition) is 5. The number of hydrogen-bond donors (Lipinski definition) is 1. The average Bonchev–Trinajstić information content (AvgIpc) is 2.98. The number of nitrogens with zero attached hydrogens (tertiary/aromatic N) is 1. The van der Waals surface area contributed by atoms with Crippen LogP contribution in [0.3, 0.4) is 0 Å². The summed E-state index contributed by atoms with van der Waals surface area (Å²) < 4.78 is 13.4. The number of pyridine rings is 1. The molecule has 2 aromatic rings. The molecule has 2 aromatic heterocycles. The van der Waals surface area contributed by atoms with Crippen molar-refractivity contribution in [1.82, 2.24) is 4.98 Å². The molecule has 0 aliphatic carbocycles. The first kappa shape index (κ1) is 16.9. The summed E-state index contributed by atoms with van der Waals surface area (Å²) in [7, 11) is -0.402. The van der Waals surface area contributed by atoms with Gasteiger partial charge in [-0.3, -0.25) is 4.98 Å². The van der Waals surface area contributed by atoms with E-state index in [0.717, 1.165) is 33.4 Å². The van der Waals surface area contributed by atoms with Crippen LogP contribution in [-0.2, 0) is 9.31 Å². The molecule has 6 heteroatoms. The van der Waals surface area contributed by atoms with E-state index in [4.69, 9.17) is 9.31 Å². The lowest BCUT2D eigenvalue weighted by atomic mass is 9.79. The third kappa shape index (κ3) is 2.93. The molecule has 1 saturated heterocycles. The van der Waals surface area contributed by atoms with Gasteiger partial charge in [0.2, 0.25) is 0 Å².